The van der Waals surface area contributed by atoms with Gasteiger partial charge in [-0.15, -0.1) is 0 Å². The van der Waals surface area contributed by atoms with Crippen LogP contribution in [0.2, 0.25) is 0 Å². The summed E-state index contributed by atoms with van der Waals surface area (Å²) in [5.74, 6) is -30.0. The number of carbonyl (C=O) groups excluding carboxylic acids is 17. The van der Waals surface area contributed by atoms with Gasteiger partial charge in [0.15, 0.2) is 5.96 Å². The van der Waals surface area contributed by atoms with E-state index in [9.17, 15) is 136 Å². The number of amides is 17. The molecule has 668 valence electrons. The minimum Gasteiger partial charge on any atom is -0.508 e. The van der Waals surface area contributed by atoms with Crippen molar-refractivity contribution in [3.8, 4) is 5.75 Å². The number of phenols is 1. The van der Waals surface area contributed by atoms with Gasteiger partial charge in [0.25, 0.3) is 0 Å². The standard InChI is InChI=1S/C70H109N21O29/c1-30(2)22-42(88-68(118)46(27-55(104)105)90-61(111)37(8-7-21-77-70(75)76)82-57(107)36(71)25-49(73)95)64(114)84-40(15-19-53(100)101)62(112)83-39(13-17-48(72)94)60(110)79-32(5)56(106)86-44(24-34-9-11-35(93)12-10-34)66(116)89-45(26-50(74)96)67(117)85-41(16-20-54(102)103)63(113)87-43(23-31(3)4)65(115)91-47(29-92)58(108)78-28-51(97)81-38(14-18-52(98)99)59(109)80-33(6)69(119)120/h9-12,30-33,36-47,92-93H,7-8,13-29,71H2,1-6H3,(H2,72,94)(H2,73,95)(H2,74,96)(H,78,108)(H,79,110)(H,80,109)(H,81,97)(H,82,107)(H,83,112)(H,84,114)(H,85,117)(H,86,106)(H,87,113)(H,88,118)(H,89,116)(H,90,111)(H,91,115)(H,98,99)(H,100,101)(H,102,103)(H,104,105)(H,119,120)(H4,75,76,77)/t32-,33-,36-,37-,38-,39-,40-,41-,42-,43-,44-,45-,46-,47-/m0/s1. The Morgan fingerprint density at radius 2 is 0.708 bits per heavy atom. The largest absolute Gasteiger partial charge is 0.508 e. The quantitative estimate of drug-likeness (QED) is 0.0164. The van der Waals surface area contributed by atoms with Gasteiger partial charge >= 0.3 is 29.8 Å². The lowest BCUT2D eigenvalue weighted by Gasteiger charge is -2.28. The van der Waals surface area contributed by atoms with Gasteiger partial charge in [-0.2, -0.15) is 0 Å². The topological polar surface area (TPSA) is 852 Å². The number of benzene rings is 1. The molecule has 0 fully saturated rings. The summed E-state index contributed by atoms with van der Waals surface area (Å²) >= 11 is 0. The molecule has 50 heteroatoms. The molecule has 0 aliphatic heterocycles. The Kier molecular flexibility index (Phi) is 46.2. The maximum absolute atomic E-state index is 14.5. The number of carboxylic acid groups (broad SMARTS) is 5. The molecule has 17 amide bonds. The first kappa shape index (κ1) is 105. The lowest BCUT2D eigenvalue weighted by molar-refractivity contribution is -0.142. The maximum atomic E-state index is 14.5. The number of hydrogen-bond donors (Lipinski definition) is 28. The number of phenolic OH excluding ortho intramolecular Hbond substituents is 1. The fraction of sp³-hybridized carbons (Fsp3) is 0.586. The number of aliphatic hydroxyl groups excluding tert-OH is 1. The summed E-state index contributed by atoms with van der Waals surface area (Å²) in [5.41, 5.74) is 27.3. The summed E-state index contributed by atoms with van der Waals surface area (Å²) in [7, 11) is 0. The predicted octanol–water partition coefficient (Wildman–Crippen LogP) is -10.8. The first-order valence-corrected chi connectivity index (χ1v) is 37.3. The number of aromatic hydroxyl groups is 1. The van der Waals surface area contributed by atoms with Crippen LogP contribution in [0.25, 0.3) is 0 Å². The number of nitrogens with two attached hydrogens (primary N) is 5. The summed E-state index contributed by atoms with van der Waals surface area (Å²) in [5, 5.41) is 109. The highest BCUT2D eigenvalue weighted by Gasteiger charge is 2.39. The number of carboxylic acids is 5. The molecular weight excluding hydrogens is 1600 g/mol. The van der Waals surface area contributed by atoms with Crippen LogP contribution < -0.4 is 108 Å². The number of aliphatic hydroxyl groups is 1. The number of rotatable bonds is 58. The number of hydrogen-bond acceptors (Lipinski definition) is 26. The van der Waals surface area contributed by atoms with Crippen LogP contribution in [0.1, 0.15) is 143 Å². The van der Waals surface area contributed by atoms with Gasteiger partial charge in [0, 0.05) is 38.6 Å². The Bertz CT molecular complexity index is 3870. The molecule has 120 heavy (non-hydrogen) atoms. The fourth-order valence-corrected chi connectivity index (χ4v) is 10.8. The zero-order valence-corrected chi connectivity index (χ0v) is 66.5. The molecule has 0 spiro atoms. The molecule has 1 aromatic carbocycles. The molecule has 0 heterocycles. The van der Waals surface area contributed by atoms with Crippen molar-refractivity contribution in [2.24, 2.45) is 40.5 Å². The van der Waals surface area contributed by atoms with Crippen LogP contribution in [0.4, 0.5) is 0 Å². The van der Waals surface area contributed by atoms with Crippen molar-refractivity contribution in [1.29, 1.82) is 5.41 Å². The normalized spacial score (nSPS) is 14.4. The van der Waals surface area contributed by atoms with E-state index < -0.39 is 323 Å². The minimum atomic E-state index is -2.11. The van der Waals surface area contributed by atoms with Crippen molar-refractivity contribution >= 4 is 136 Å². The number of aliphatic carboxylic acids is 5. The molecule has 0 bridgehead atoms. The average Bonchev–Trinajstić information content (AvgIpc) is 0.944. The predicted molar refractivity (Wildman–Crippen MR) is 411 cm³/mol. The Morgan fingerprint density at radius 3 is 1.11 bits per heavy atom. The van der Waals surface area contributed by atoms with Crippen LogP contribution in [0.3, 0.4) is 0 Å². The van der Waals surface area contributed by atoms with E-state index in [1.54, 1.807) is 27.7 Å². The van der Waals surface area contributed by atoms with Gasteiger partial charge in [-0.25, -0.2) is 0 Å². The Morgan fingerprint density at radius 1 is 0.358 bits per heavy atom. The third-order valence-electron chi connectivity index (χ3n) is 17.0. The third-order valence-corrected chi connectivity index (χ3v) is 17.0. The Labute approximate surface area is 685 Å². The zero-order chi connectivity index (χ0) is 91.5. The van der Waals surface area contributed by atoms with Crippen LogP contribution in [0.15, 0.2) is 24.3 Å². The first-order valence-electron chi connectivity index (χ1n) is 37.3. The van der Waals surface area contributed by atoms with Crippen molar-refractivity contribution < 1.29 is 141 Å². The van der Waals surface area contributed by atoms with E-state index in [1.165, 1.54) is 12.1 Å². The van der Waals surface area contributed by atoms with Gasteiger partial charge in [0.2, 0.25) is 100 Å². The van der Waals surface area contributed by atoms with Gasteiger partial charge in [-0.3, -0.25) is 111 Å². The number of guanidine groups is 1. The van der Waals surface area contributed by atoms with Crippen molar-refractivity contribution in [3.05, 3.63) is 29.8 Å². The van der Waals surface area contributed by atoms with Crippen LogP contribution in [-0.2, 0) is 112 Å². The molecule has 50 nitrogen and oxygen atoms in total. The molecule has 33 N–H and O–H groups in total. The van der Waals surface area contributed by atoms with E-state index in [-0.39, 0.29) is 43.5 Å². The summed E-state index contributed by atoms with van der Waals surface area (Å²) in [6.07, 6.45) is -10.2. The molecule has 0 aliphatic rings. The van der Waals surface area contributed by atoms with E-state index in [0.717, 1.165) is 26.0 Å². The average molecular weight is 1710 g/mol. The molecule has 14 atom stereocenters. The molecule has 0 radical (unpaired) electrons. The van der Waals surface area contributed by atoms with Gasteiger partial charge in [-0.1, -0.05) is 39.8 Å². The number of carbonyl (C=O) groups is 22. The fourth-order valence-electron chi connectivity index (χ4n) is 10.8. The number of primary amides is 3. The number of nitrogens with one attached hydrogen (secondary N) is 16. The van der Waals surface area contributed by atoms with E-state index >= 15 is 0 Å². The Hall–Kier alpha value is -13.4. The second kappa shape index (κ2) is 53.0. The molecule has 1 aromatic rings. The molecule has 0 unspecified atom stereocenters. The summed E-state index contributed by atoms with van der Waals surface area (Å²) < 4.78 is 0. The molecule has 0 saturated heterocycles. The minimum absolute atomic E-state index is 0.000798. The van der Waals surface area contributed by atoms with E-state index in [1.807, 2.05) is 0 Å². The summed E-state index contributed by atoms with van der Waals surface area (Å²) in [6, 6.07) is -20.3. The zero-order valence-electron chi connectivity index (χ0n) is 66.5. The molecule has 0 aliphatic carbocycles. The van der Waals surface area contributed by atoms with E-state index in [2.05, 4.69) is 79.8 Å². The molecule has 0 aromatic heterocycles. The molecule has 1 rings (SSSR count). The van der Waals surface area contributed by atoms with Crippen LogP contribution in [-0.4, -0.2) is 276 Å². The van der Waals surface area contributed by atoms with Crippen LogP contribution in [0.5, 0.6) is 5.75 Å². The summed E-state index contributed by atoms with van der Waals surface area (Å²) in [4.78, 5) is 288. The Balaban J connectivity index is 3.69. The van der Waals surface area contributed by atoms with Gasteiger partial charge < -0.3 is 144 Å². The SMILES string of the molecule is CC(C)C[C@H](NC(=O)[C@H](CCC(=O)O)NC(=O)[C@H](CC(N)=O)NC(=O)[C@H](Cc1ccc(O)cc1)NC(=O)[C@H](C)NC(=O)[C@H](CCC(N)=O)NC(=O)[C@H](CCC(=O)O)NC(=O)[C@H](CC(C)C)NC(=O)[C@H](CC(=O)O)NC(=O)[C@H](CCCNC(=N)N)NC(=O)[C@@H](N)CC(N)=O)C(=O)N[C@@H](CO)C(=O)NCC(=O)N[C@@H](CCC(=O)O)C(=O)N[C@@H](C)C(=O)O. The van der Waals surface area contributed by atoms with Crippen molar-refractivity contribution in [3.63, 3.8) is 0 Å². The highest BCUT2D eigenvalue weighted by Crippen LogP contribution is 2.16. The third kappa shape index (κ3) is 42.4. The van der Waals surface area contributed by atoms with Crippen LogP contribution in [0, 0.1) is 17.2 Å². The monoisotopic (exact) mass is 1710 g/mol. The van der Waals surface area contributed by atoms with Crippen molar-refractivity contribution in [2.45, 2.75) is 229 Å². The second-order valence-corrected chi connectivity index (χ2v) is 28.4. The van der Waals surface area contributed by atoms with Crippen molar-refractivity contribution in [1.82, 2.24) is 79.8 Å². The molecular formula is C70H109N21O29. The smallest absolute Gasteiger partial charge is 0.325 e. The van der Waals surface area contributed by atoms with Crippen LogP contribution >= 0.6 is 0 Å². The van der Waals surface area contributed by atoms with Gasteiger partial charge in [0.05, 0.1) is 38.5 Å². The van der Waals surface area contributed by atoms with Gasteiger partial charge in [0.1, 0.15) is 84.3 Å². The van der Waals surface area contributed by atoms with E-state index in [4.69, 9.17) is 39.2 Å². The lowest BCUT2D eigenvalue weighted by Crippen LogP contribution is -2.61. The van der Waals surface area contributed by atoms with Crippen molar-refractivity contribution in [2.75, 3.05) is 19.7 Å². The van der Waals surface area contributed by atoms with Gasteiger partial charge in [-0.05, 0) is 94.7 Å². The maximum Gasteiger partial charge on any atom is 0.325 e. The highest BCUT2D eigenvalue weighted by atomic mass is 16.4. The second-order valence-electron chi connectivity index (χ2n) is 28.4. The first-order chi connectivity index (χ1) is 55.9. The van der Waals surface area contributed by atoms with E-state index in [0.29, 0.717) is 0 Å². The lowest BCUT2D eigenvalue weighted by atomic mass is 10.0. The molecule has 0 saturated carbocycles. The highest BCUT2D eigenvalue weighted by molar-refractivity contribution is 6.02. The summed E-state index contributed by atoms with van der Waals surface area (Å²) in [6.45, 7) is 6.19.